The van der Waals surface area contributed by atoms with Crippen LogP contribution in [0.15, 0.2) is 49.2 Å². The van der Waals surface area contributed by atoms with Crippen LogP contribution in [0.5, 0.6) is 0 Å². The number of halogens is 2. The Balaban J connectivity index is 1.26. The summed E-state index contributed by atoms with van der Waals surface area (Å²) in [4.78, 5) is 13.1. The number of pyridine rings is 1. The summed E-state index contributed by atoms with van der Waals surface area (Å²) in [6.45, 7) is -1.69. The first-order chi connectivity index (χ1) is 19.3. The number of rotatable bonds is 11. The Kier molecular flexibility index (Phi) is 6.67. The minimum atomic E-state index is -3.52. The highest BCUT2D eigenvalue weighted by atomic mass is 32.2. The van der Waals surface area contributed by atoms with Gasteiger partial charge in [-0.05, 0) is 25.0 Å². The number of hydrogen-bond acceptors (Lipinski definition) is 11. The first kappa shape index (κ1) is 26.2. The zero-order valence-electron chi connectivity index (χ0n) is 21.0. The van der Waals surface area contributed by atoms with E-state index in [1.807, 2.05) is 0 Å². The number of nitrogens with one attached hydrogen (secondary N) is 2. The van der Waals surface area contributed by atoms with Crippen molar-refractivity contribution in [2.75, 3.05) is 37.0 Å². The van der Waals surface area contributed by atoms with Gasteiger partial charge in [-0.15, -0.1) is 0 Å². The topological polar surface area (TPSA) is 162 Å². The van der Waals surface area contributed by atoms with Gasteiger partial charge in [0.15, 0.2) is 5.82 Å². The van der Waals surface area contributed by atoms with Gasteiger partial charge in [-0.25, -0.2) is 28.1 Å². The Labute approximate surface area is 227 Å². The van der Waals surface area contributed by atoms with Gasteiger partial charge in [0.2, 0.25) is 0 Å². The van der Waals surface area contributed by atoms with Crippen molar-refractivity contribution in [3.8, 4) is 22.6 Å². The molecule has 210 valence electrons. The number of aromatic nitrogens is 7. The molecule has 1 aliphatic carbocycles. The molecule has 0 amide bonds. The highest BCUT2D eigenvalue weighted by Gasteiger charge is 2.38. The van der Waals surface area contributed by atoms with Crippen LogP contribution in [0.2, 0.25) is 0 Å². The minimum absolute atomic E-state index is 0.0756. The lowest BCUT2D eigenvalue weighted by molar-refractivity contribution is -0.128. The fraction of sp³-hybridized carbons (Fsp3) is 0.375. The van der Waals surface area contributed by atoms with Crippen LogP contribution < -0.4 is 10.6 Å². The third kappa shape index (κ3) is 5.12. The highest BCUT2D eigenvalue weighted by molar-refractivity contribution is 7.90. The van der Waals surface area contributed by atoms with Crippen molar-refractivity contribution in [3.05, 3.63) is 49.2 Å². The van der Waals surface area contributed by atoms with E-state index in [1.165, 1.54) is 37.1 Å². The number of ether oxygens (including phenoxy) is 1. The van der Waals surface area contributed by atoms with Gasteiger partial charge in [0.05, 0.1) is 54.1 Å². The Morgan fingerprint density at radius 2 is 2.00 bits per heavy atom. The van der Waals surface area contributed by atoms with E-state index in [2.05, 4.69) is 35.8 Å². The molecule has 0 unspecified atom stereocenters. The lowest BCUT2D eigenvalue weighted by Crippen LogP contribution is -2.50. The van der Waals surface area contributed by atoms with E-state index >= 15 is 0 Å². The molecule has 5 heterocycles. The molecule has 3 N–H and O–H groups in total. The van der Waals surface area contributed by atoms with E-state index in [1.54, 1.807) is 12.1 Å². The second kappa shape index (κ2) is 10.2. The molecule has 4 aromatic heterocycles. The summed E-state index contributed by atoms with van der Waals surface area (Å²) >= 11 is 0. The van der Waals surface area contributed by atoms with E-state index in [0.29, 0.717) is 71.4 Å². The molecule has 0 bridgehead atoms. The number of hydrogen-bond donors (Lipinski definition) is 3. The van der Waals surface area contributed by atoms with Crippen molar-refractivity contribution < 1.29 is 27.0 Å². The zero-order valence-corrected chi connectivity index (χ0v) is 21.8. The molecule has 16 heteroatoms. The summed E-state index contributed by atoms with van der Waals surface area (Å²) in [6, 6.07) is 4.77. The molecule has 2 fully saturated rings. The van der Waals surface area contributed by atoms with Crippen LogP contribution in [-0.2, 0) is 14.8 Å². The maximum Gasteiger partial charge on any atom is 0.333 e. The summed E-state index contributed by atoms with van der Waals surface area (Å²) in [6.07, 6.45) is 8.24. The van der Waals surface area contributed by atoms with Gasteiger partial charge in [0.1, 0.15) is 11.6 Å². The van der Waals surface area contributed by atoms with Crippen molar-refractivity contribution in [3.63, 3.8) is 0 Å². The standard InChI is InChI=1S/C24H25F2N9O4S/c25-23(26)34-6-4-18(33-34)17-9-28-21(7-19(17)29-11-24(12-36)13-39-14-24)31-20-3-5-27-22(32-20)15-8-30-35(10-15)40(37,38)16-1-2-16/h3-10,16,23,36H,1-2,11-14H2,(H2,27,28,29,31,32). The number of aliphatic hydroxyl groups is 1. The minimum Gasteiger partial charge on any atom is -0.396 e. The third-order valence-electron chi connectivity index (χ3n) is 6.73. The Morgan fingerprint density at radius 1 is 1.18 bits per heavy atom. The first-order valence-electron chi connectivity index (χ1n) is 12.4. The van der Waals surface area contributed by atoms with Crippen LogP contribution in [0, 0.1) is 5.41 Å². The van der Waals surface area contributed by atoms with Crippen LogP contribution in [0.1, 0.15) is 19.4 Å². The molecule has 1 saturated carbocycles. The predicted molar refractivity (Wildman–Crippen MR) is 139 cm³/mol. The summed E-state index contributed by atoms with van der Waals surface area (Å²) in [7, 11) is -3.52. The lowest BCUT2D eigenvalue weighted by Gasteiger charge is -2.40. The lowest BCUT2D eigenvalue weighted by atomic mass is 9.87. The Bertz CT molecular complexity index is 1630. The summed E-state index contributed by atoms with van der Waals surface area (Å²) in [5, 5.41) is 23.7. The van der Waals surface area contributed by atoms with E-state index < -0.39 is 27.2 Å². The summed E-state index contributed by atoms with van der Waals surface area (Å²) in [5.74, 6) is 1.04. The molecule has 1 saturated heterocycles. The number of nitrogens with zero attached hydrogens (tertiary/aromatic N) is 7. The van der Waals surface area contributed by atoms with Crippen LogP contribution >= 0.6 is 0 Å². The first-order valence-corrected chi connectivity index (χ1v) is 13.9. The molecule has 0 radical (unpaired) electrons. The Morgan fingerprint density at radius 3 is 2.67 bits per heavy atom. The van der Waals surface area contributed by atoms with Gasteiger partial charge in [-0.3, -0.25) is 0 Å². The second-order valence-electron chi connectivity index (χ2n) is 9.81. The van der Waals surface area contributed by atoms with Crippen molar-refractivity contribution in [2.45, 2.75) is 24.6 Å². The quantitative estimate of drug-likeness (QED) is 0.242. The molecule has 0 spiro atoms. The Hall–Kier alpha value is -4.02. The molecule has 2 aliphatic rings. The van der Waals surface area contributed by atoms with Crippen LogP contribution in [-0.4, -0.2) is 79.1 Å². The van der Waals surface area contributed by atoms with E-state index in [4.69, 9.17) is 4.74 Å². The molecule has 6 rings (SSSR count). The molecule has 4 aromatic rings. The third-order valence-corrected chi connectivity index (χ3v) is 8.77. The van der Waals surface area contributed by atoms with Crippen molar-refractivity contribution >= 4 is 27.3 Å². The molecule has 40 heavy (non-hydrogen) atoms. The summed E-state index contributed by atoms with van der Waals surface area (Å²) < 4.78 is 58.0. The number of alkyl halides is 2. The number of aliphatic hydroxyl groups excluding tert-OH is 1. The van der Waals surface area contributed by atoms with E-state index in [-0.39, 0.29) is 12.4 Å². The largest absolute Gasteiger partial charge is 0.396 e. The SMILES string of the molecule is O=S(=O)(C1CC1)n1cc(-c2nccc(Nc3cc(NCC4(CO)COC4)c(-c4ccn(C(F)F)n4)cn3)n2)cn1. The van der Waals surface area contributed by atoms with Crippen molar-refractivity contribution in [2.24, 2.45) is 5.41 Å². The monoisotopic (exact) mass is 573 g/mol. The van der Waals surface area contributed by atoms with E-state index in [9.17, 15) is 22.3 Å². The molecule has 13 nitrogen and oxygen atoms in total. The van der Waals surface area contributed by atoms with Gasteiger partial charge in [-0.1, -0.05) is 0 Å². The van der Waals surface area contributed by atoms with Crippen LogP contribution in [0.25, 0.3) is 22.6 Å². The predicted octanol–water partition coefficient (Wildman–Crippen LogP) is 2.50. The molecule has 0 atom stereocenters. The fourth-order valence-electron chi connectivity index (χ4n) is 4.16. The maximum atomic E-state index is 13.1. The molecular formula is C24H25F2N9O4S. The molecule has 0 aromatic carbocycles. The van der Waals surface area contributed by atoms with Gasteiger partial charge in [-0.2, -0.15) is 23.1 Å². The second-order valence-corrected chi connectivity index (χ2v) is 11.9. The van der Waals surface area contributed by atoms with Crippen molar-refractivity contribution in [1.82, 2.24) is 33.9 Å². The van der Waals surface area contributed by atoms with E-state index in [0.717, 1.165) is 4.09 Å². The molecule has 1 aliphatic heterocycles. The normalized spacial score (nSPS) is 16.6. The zero-order chi connectivity index (χ0) is 27.9. The average Bonchev–Trinajstić information content (AvgIpc) is 3.46. The van der Waals surface area contributed by atoms with Crippen molar-refractivity contribution in [1.29, 1.82) is 0 Å². The van der Waals surface area contributed by atoms with Gasteiger partial charge >= 0.3 is 6.55 Å². The average molecular weight is 574 g/mol. The van der Waals surface area contributed by atoms with Crippen LogP contribution in [0.4, 0.5) is 26.1 Å². The smallest absolute Gasteiger partial charge is 0.333 e. The molecular weight excluding hydrogens is 548 g/mol. The van der Waals surface area contributed by atoms with Gasteiger partial charge in [0.25, 0.3) is 10.0 Å². The van der Waals surface area contributed by atoms with Gasteiger partial charge < -0.3 is 20.5 Å². The highest BCUT2D eigenvalue weighted by Crippen LogP contribution is 2.33. The van der Waals surface area contributed by atoms with Gasteiger partial charge in [0, 0.05) is 42.5 Å². The summed E-state index contributed by atoms with van der Waals surface area (Å²) in [5.41, 5.74) is 1.33. The van der Waals surface area contributed by atoms with Crippen LogP contribution in [0.3, 0.4) is 0 Å². The fourth-order valence-corrected chi connectivity index (χ4v) is 5.64. The maximum absolute atomic E-state index is 13.1. The number of anilines is 3.